The van der Waals surface area contributed by atoms with Gasteiger partial charge in [0.05, 0.1) is 12.0 Å². The van der Waals surface area contributed by atoms with Gasteiger partial charge in [-0.05, 0) is 65.9 Å². The normalized spacial score (nSPS) is 14.5. The summed E-state index contributed by atoms with van der Waals surface area (Å²) in [6.07, 6.45) is -1.69. The van der Waals surface area contributed by atoms with Gasteiger partial charge >= 0.3 is 18.2 Å². The zero-order valence-electron chi connectivity index (χ0n) is 29.2. The summed E-state index contributed by atoms with van der Waals surface area (Å²) in [6, 6.07) is 8.31. The van der Waals surface area contributed by atoms with E-state index in [0.717, 1.165) is 10.5 Å². The van der Waals surface area contributed by atoms with Crippen molar-refractivity contribution in [2.24, 2.45) is 11.8 Å². The Morgan fingerprint density at radius 2 is 1.51 bits per heavy atom. The van der Waals surface area contributed by atoms with Crippen LogP contribution >= 0.6 is 11.3 Å². The molecule has 2 rings (SSSR count). The molecule has 0 unspecified atom stereocenters. The van der Waals surface area contributed by atoms with Crippen LogP contribution in [0.15, 0.2) is 35.7 Å². The molecule has 0 aliphatic carbocycles. The number of carboxylic acids is 1. The van der Waals surface area contributed by atoms with Crippen molar-refractivity contribution in [3.8, 4) is 0 Å². The Balaban J connectivity index is 2.39. The summed E-state index contributed by atoms with van der Waals surface area (Å²) in [5.74, 6) is -2.33. The fraction of sp³-hybridized carbons (Fsp3) is 0.618. The van der Waals surface area contributed by atoms with Gasteiger partial charge in [0.1, 0.15) is 34.8 Å². The molecule has 0 saturated heterocycles. The highest BCUT2D eigenvalue weighted by molar-refractivity contribution is 7.09. The van der Waals surface area contributed by atoms with Gasteiger partial charge in [-0.3, -0.25) is 9.59 Å². The van der Waals surface area contributed by atoms with Crippen molar-refractivity contribution in [1.29, 1.82) is 0 Å². The first-order valence-electron chi connectivity index (χ1n) is 15.7. The summed E-state index contributed by atoms with van der Waals surface area (Å²) in [5, 5.41) is 14.5. The minimum Gasteiger partial charge on any atom is -0.481 e. The molecule has 0 spiro atoms. The minimum atomic E-state index is -0.946. The van der Waals surface area contributed by atoms with Crippen LogP contribution in [-0.4, -0.2) is 76.2 Å². The summed E-state index contributed by atoms with van der Waals surface area (Å²) in [6.45, 7) is 15.5. The Hall–Kier alpha value is -3.55. The third kappa shape index (κ3) is 13.6. The average Bonchev–Trinajstić information content (AvgIpc) is 3.43. The molecule has 0 aliphatic rings. The molecule has 1 aromatic heterocycles. The Bertz CT molecular complexity index is 1290. The fourth-order valence-corrected chi connectivity index (χ4v) is 5.53. The number of carbonyl (C=O) groups excluding carboxylic acids is 3. The SMILES string of the molecule is COCO[C@H](C[C@H](C(C)C)N(C(=O)OC(C)(C)C)C(=O)OC(C)(C)C)c1nc(C(=O)N[C@@H](Cc2ccccc2)C[C@H](C)C(=O)O)cs1. The average molecular weight is 678 g/mol. The molecule has 0 aliphatic heterocycles. The molecule has 13 heteroatoms. The zero-order chi connectivity index (χ0) is 35.5. The van der Waals surface area contributed by atoms with Crippen molar-refractivity contribution in [2.45, 2.75) is 111 Å². The number of hydrogen-bond donors (Lipinski definition) is 2. The molecule has 262 valence electrons. The highest BCUT2D eigenvalue weighted by atomic mass is 32.1. The summed E-state index contributed by atoms with van der Waals surface area (Å²) in [7, 11) is 1.47. The largest absolute Gasteiger partial charge is 0.481 e. The van der Waals surface area contributed by atoms with Gasteiger partial charge < -0.3 is 29.4 Å². The number of benzene rings is 1. The molecule has 1 heterocycles. The second kappa shape index (κ2) is 17.6. The van der Waals surface area contributed by atoms with E-state index >= 15 is 0 Å². The maximum Gasteiger partial charge on any atom is 0.420 e. The summed E-state index contributed by atoms with van der Waals surface area (Å²) in [5.41, 5.74) is -0.651. The number of hydrogen-bond acceptors (Lipinski definition) is 10. The van der Waals surface area contributed by atoms with Gasteiger partial charge in [0.2, 0.25) is 0 Å². The first kappa shape index (κ1) is 39.6. The number of carboxylic acid groups (broad SMARTS) is 1. The zero-order valence-corrected chi connectivity index (χ0v) is 30.0. The van der Waals surface area contributed by atoms with E-state index in [1.54, 1.807) is 53.8 Å². The highest BCUT2D eigenvalue weighted by Gasteiger charge is 2.40. The van der Waals surface area contributed by atoms with Crippen molar-refractivity contribution in [3.05, 3.63) is 52.0 Å². The summed E-state index contributed by atoms with van der Waals surface area (Å²) >= 11 is 1.19. The Labute approximate surface area is 282 Å². The maximum absolute atomic E-state index is 13.4. The first-order chi connectivity index (χ1) is 21.8. The van der Waals surface area contributed by atoms with Gasteiger partial charge in [-0.15, -0.1) is 11.3 Å². The van der Waals surface area contributed by atoms with Crippen LogP contribution < -0.4 is 5.32 Å². The van der Waals surface area contributed by atoms with Crippen molar-refractivity contribution < 1.29 is 43.2 Å². The minimum absolute atomic E-state index is 0.109. The van der Waals surface area contributed by atoms with Gasteiger partial charge in [0.15, 0.2) is 0 Å². The molecule has 0 fully saturated rings. The van der Waals surface area contributed by atoms with Crippen LogP contribution in [0.4, 0.5) is 9.59 Å². The number of amides is 3. The third-order valence-corrected chi connectivity index (χ3v) is 7.81. The van der Waals surface area contributed by atoms with Crippen LogP contribution in [0, 0.1) is 11.8 Å². The lowest BCUT2D eigenvalue weighted by molar-refractivity contribution is -0.141. The number of nitrogens with zero attached hydrogens (tertiary/aromatic N) is 2. The number of rotatable bonds is 15. The van der Waals surface area contributed by atoms with Crippen molar-refractivity contribution >= 4 is 35.4 Å². The van der Waals surface area contributed by atoms with Crippen molar-refractivity contribution in [3.63, 3.8) is 0 Å². The van der Waals surface area contributed by atoms with Crippen LogP contribution in [0.2, 0.25) is 0 Å². The number of methoxy groups -OCH3 is 1. The van der Waals surface area contributed by atoms with Gasteiger partial charge in [-0.25, -0.2) is 19.5 Å². The predicted octanol–water partition coefficient (Wildman–Crippen LogP) is 6.84. The van der Waals surface area contributed by atoms with Gasteiger partial charge in [0.25, 0.3) is 5.91 Å². The van der Waals surface area contributed by atoms with Crippen LogP contribution in [0.3, 0.4) is 0 Å². The van der Waals surface area contributed by atoms with E-state index in [-0.39, 0.29) is 31.2 Å². The van der Waals surface area contributed by atoms with Crippen molar-refractivity contribution in [2.75, 3.05) is 13.9 Å². The molecule has 12 nitrogen and oxygen atoms in total. The number of imide groups is 1. The molecular formula is C34H51N3O9S. The number of carbonyl (C=O) groups is 4. The molecule has 0 bridgehead atoms. The molecule has 1 aromatic carbocycles. The Morgan fingerprint density at radius 1 is 0.936 bits per heavy atom. The Kier molecular flexibility index (Phi) is 14.8. The molecule has 47 heavy (non-hydrogen) atoms. The van der Waals surface area contributed by atoms with E-state index in [1.807, 2.05) is 44.2 Å². The third-order valence-electron chi connectivity index (χ3n) is 6.87. The molecular weight excluding hydrogens is 626 g/mol. The van der Waals surface area contributed by atoms with Crippen LogP contribution in [0.25, 0.3) is 0 Å². The van der Waals surface area contributed by atoms with Crippen LogP contribution in [0.1, 0.15) is 102 Å². The van der Waals surface area contributed by atoms with Gasteiger partial charge in [-0.1, -0.05) is 51.1 Å². The van der Waals surface area contributed by atoms with E-state index in [4.69, 9.17) is 18.9 Å². The first-order valence-corrected chi connectivity index (χ1v) is 16.6. The van der Waals surface area contributed by atoms with Gasteiger partial charge in [-0.2, -0.15) is 0 Å². The molecule has 2 aromatic rings. The number of thiazole rings is 1. The van der Waals surface area contributed by atoms with Crippen molar-refractivity contribution in [1.82, 2.24) is 15.2 Å². The fourth-order valence-electron chi connectivity index (χ4n) is 4.67. The predicted molar refractivity (Wildman–Crippen MR) is 178 cm³/mol. The number of aliphatic carboxylic acids is 1. The molecule has 3 amide bonds. The number of ether oxygens (including phenoxy) is 4. The van der Waals surface area contributed by atoms with E-state index < -0.39 is 59.4 Å². The quantitative estimate of drug-likeness (QED) is 0.192. The second-order valence-electron chi connectivity index (χ2n) is 13.8. The molecule has 2 N–H and O–H groups in total. The van der Waals surface area contributed by atoms with Crippen LogP contribution in [0.5, 0.6) is 0 Å². The van der Waals surface area contributed by atoms with Gasteiger partial charge in [0, 0.05) is 25.0 Å². The monoisotopic (exact) mass is 677 g/mol. The lowest BCUT2D eigenvalue weighted by Gasteiger charge is -2.36. The smallest absolute Gasteiger partial charge is 0.420 e. The number of aromatic nitrogens is 1. The summed E-state index contributed by atoms with van der Waals surface area (Å²) in [4.78, 5) is 57.5. The highest BCUT2D eigenvalue weighted by Crippen LogP contribution is 2.32. The van der Waals surface area contributed by atoms with E-state index in [9.17, 15) is 24.3 Å². The van der Waals surface area contributed by atoms with E-state index in [1.165, 1.54) is 18.4 Å². The Morgan fingerprint density at radius 3 is 2.00 bits per heavy atom. The molecule has 0 saturated carbocycles. The molecule has 4 atom stereocenters. The maximum atomic E-state index is 13.4. The summed E-state index contributed by atoms with van der Waals surface area (Å²) < 4.78 is 22.4. The second-order valence-corrected chi connectivity index (χ2v) is 14.7. The lowest BCUT2D eigenvalue weighted by atomic mass is 9.96. The van der Waals surface area contributed by atoms with E-state index in [0.29, 0.717) is 11.4 Å². The van der Waals surface area contributed by atoms with E-state index in [2.05, 4.69) is 10.3 Å². The van der Waals surface area contributed by atoms with Crippen LogP contribution in [-0.2, 0) is 30.2 Å². The standard InChI is InChI=1S/C34H51N3O9S/c1-21(2)26(37(31(41)45-33(4,5)6)32(42)46-34(7,8)9)18-27(44-20-43-10)29-36-25(19-47-29)28(38)35-24(16-22(3)30(39)40)17-23-14-12-11-13-15-23/h11-15,19,21-22,24,26-27H,16-18,20H2,1-10H3,(H,35,38)(H,39,40)/t22-,24+,26+,27+/m0/s1. The lowest BCUT2D eigenvalue weighted by Crippen LogP contribution is -2.51. The topological polar surface area (TPSA) is 154 Å². The number of nitrogens with one attached hydrogen (secondary N) is 1. The molecule has 0 radical (unpaired) electrons.